The Kier molecular flexibility index (Phi) is 9.25. The van der Waals surface area contributed by atoms with Crippen LogP contribution in [0.1, 0.15) is 15.3 Å². The van der Waals surface area contributed by atoms with Crippen LogP contribution in [0.3, 0.4) is 0 Å². The number of thiophene rings is 1. The highest BCUT2D eigenvalue weighted by atomic mass is 35.5. The normalized spacial score (nSPS) is 10.9. The van der Waals surface area contributed by atoms with E-state index in [1.807, 2.05) is 49.4 Å². The van der Waals surface area contributed by atoms with Gasteiger partial charge in [-0.3, -0.25) is 9.59 Å². The van der Waals surface area contributed by atoms with Crippen LogP contribution in [0.5, 0.6) is 0 Å². The fourth-order valence-electron chi connectivity index (χ4n) is 2.66. The summed E-state index contributed by atoms with van der Waals surface area (Å²) in [7, 11) is 1.53. The zero-order valence-corrected chi connectivity index (χ0v) is 18.3. The van der Waals surface area contributed by atoms with Gasteiger partial charge in [-0.2, -0.15) is 0 Å². The number of hydrogen-bond acceptors (Lipinski definition) is 4. The fraction of sp³-hybridized carbons (Fsp3) is 0.400. The standard InChI is InChI=1S/C20H24Cl2N2O3S/c1-15-8-9-17(28-15)13-24(12-16-6-4-3-5-7-16)18(25)14-23(10-11-27-2)20(26)19(21)22/h3-9,19H,10-14H2,1-2H3. The second kappa shape index (κ2) is 11.4. The number of methoxy groups -OCH3 is 1. The predicted octanol–water partition coefficient (Wildman–Crippen LogP) is 3.86. The molecule has 0 bridgehead atoms. The molecule has 0 aliphatic carbocycles. The van der Waals surface area contributed by atoms with Crippen LogP contribution >= 0.6 is 34.5 Å². The molecule has 0 spiro atoms. The Morgan fingerprint density at radius 2 is 1.79 bits per heavy atom. The molecule has 0 aliphatic rings. The average molecular weight is 443 g/mol. The number of alkyl halides is 2. The number of hydrogen-bond donors (Lipinski definition) is 0. The molecule has 1 aromatic heterocycles. The molecule has 0 radical (unpaired) electrons. The lowest BCUT2D eigenvalue weighted by molar-refractivity contribution is -0.140. The van der Waals surface area contributed by atoms with E-state index in [-0.39, 0.29) is 19.0 Å². The van der Waals surface area contributed by atoms with Gasteiger partial charge in [-0.05, 0) is 24.6 Å². The minimum absolute atomic E-state index is 0.102. The summed E-state index contributed by atoms with van der Waals surface area (Å²) in [4.78, 5) is 29.5. The third kappa shape index (κ3) is 7.09. The topological polar surface area (TPSA) is 49.9 Å². The van der Waals surface area contributed by atoms with Crippen molar-refractivity contribution in [2.75, 3.05) is 26.8 Å². The molecule has 0 saturated carbocycles. The lowest BCUT2D eigenvalue weighted by atomic mass is 10.2. The number of nitrogens with zero attached hydrogens (tertiary/aromatic N) is 2. The quantitative estimate of drug-likeness (QED) is 0.524. The fourth-order valence-corrected chi connectivity index (χ4v) is 3.85. The second-order valence-electron chi connectivity index (χ2n) is 6.30. The van der Waals surface area contributed by atoms with Crippen molar-refractivity contribution in [2.45, 2.75) is 24.8 Å². The van der Waals surface area contributed by atoms with Crippen LogP contribution in [0.4, 0.5) is 0 Å². The van der Waals surface area contributed by atoms with Crippen molar-refractivity contribution >= 4 is 46.4 Å². The second-order valence-corrected chi connectivity index (χ2v) is 8.77. The molecule has 1 heterocycles. The minimum atomic E-state index is -1.22. The van der Waals surface area contributed by atoms with Gasteiger partial charge in [-0.15, -0.1) is 11.3 Å². The van der Waals surface area contributed by atoms with E-state index in [2.05, 4.69) is 0 Å². The van der Waals surface area contributed by atoms with Crippen molar-refractivity contribution < 1.29 is 14.3 Å². The molecule has 0 atom stereocenters. The first-order valence-electron chi connectivity index (χ1n) is 8.83. The van der Waals surface area contributed by atoms with Crippen molar-refractivity contribution in [3.05, 3.63) is 57.8 Å². The van der Waals surface area contributed by atoms with Gasteiger partial charge in [-0.25, -0.2) is 0 Å². The third-order valence-corrected chi connectivity index (χ3v) is 5.46. The van der Waals surface area contributed by atoms with Gasteiger partial charge in [0.15, 0.2) is 4.84 Å². The maximum atomic E-state index is 13.1. The summed E-state index contributed by atoms with van der Waals surface area (Å²) in [6.45, 7) is 3.40. The van der Waals surface area contributed by atoms with E-state index < -0.39 is 10.7 Å². The Labute approximate surface area is 179 Å². The third-order valence-electron chi connectivity index (χ3n) is 4.10. The van der Waals surface area contributed by atoms with Gasteiger partial charge in [0.25, 0.3) is 5.91 Å². The summed E-state index contributed by atoms with van der Waals surface area (Å²) in [5.74, 6) is -0.672. The van der Waals surface area contributed by atoms with Gasteiger partial charge in [0.1, 0.15) is 0 Å². The van der Waals surface area contributed by atoms with Crippen LogP contribution in [-0.2, 0) is 27.4 Å². The molecule has 5 nitrogen and oxygen atoms in total. The van der Waals surface area contributed by atoms with Gasteiger partial charge >= 0.3 is 0 Å². The summed E-state index contributed by atoms with van der Waals surface area (Å²) < 4.78 is 5.04. The van der Waals surface area contributed by atoms with Crippen LogP contribution in [0, 0.1) is 6.92 Å². The average Bonchev–Trinajstić information content (AvgIpc) is 3.09. The summed E-state index contributed by atoms with van der Waals surface area (Å²) in [6, 6.07) is 13.8. The molecule has 0 N–H and O–H groups in total. The summed E-state index contributed by atoms with van der Waals surface area (Å²) >= 11 is 13.1. The van der Waals surface area contributed by atoms with Crippen LogP contribution < -0.4 is 0 Å². The number of benzene rings is 1. The molecular formula is C20H24Cl2N2O3S. The maximum absolute atomic E-state index is 13.1. The van der Waals surface area contributed by atoms with Gasteiger partial charge < -0.3 is 14.5 Å². The molecule has 2 rings (SSSR count). The monoisotopic (exact) mass is 442 g/mol. The Hall–Kier alpha value is -1.60. The molecule has 8 heteroatoms. The highest BCUT2D eigenvalue weighted by Gasteiger charge is 2.25. The van der Waals surface area contributed by atoms with E-state index in [0.717, 1.165) is 10.4 Å². The van der Waals surface area contributed by atoms with Gasteiger partial charge in [-0.1, -0.05) is 53.5 Å². The Morgan fingerprint density at radius 3 is 2.36 bits per heavy atom. The molecule has 0 unspecified atom stereocenters. The first-order chi connectivity index (χ1) is 13.4. The lowest BCUT2D eigenvalue weighted by Crippen LogP contribution is -2.45. The maximum Gasteiger partial charge on any atom is 0.256 e. The molecule has 2 aromatic rings. The smallest absolute Gasteiger partial charge is 0.256 e. The van der Waals surface area contributed by atoms with Crippen LogP contribution in [0.15, 0.2) is 42.5 Å². The zero-order valence-electron chi connectivity index (χ0n) is 15.9. The Bertz CT molecular complexity index is 768. The summed E-state index contributed by atoms with van der Waals surface area (Å²) in [5.41, 5.74) is 1.02. The number of carbonyl (C=O) groups is 2. The highest BCUT2D eigenvalue weighted by Crippen LogP contribution is 2.19. The van der Waals surface area contributed by atoms with Crippen molar-refractivity contribution in [3.8, 4) is 0 Å². The van der Waals surface area contributed by atoms with E-state index in [1.54, 1.807) is 16.2 Å². The van der Waals surface area contributed by atoms with Gasteiger partial charge in [0, 0.05) is 30.0 Å². The number of ether oxygens (including phenoxy) is 1. The van der Waals surface area contributed by atoms with Crippen molar-refractivity contribution in [3.63, 3.8) is 0 Å². The zero-order chi connectivity index (χ0) is 20.5. The first kappa shape index (κ1) is 22.7. The summed E-state index contributed by atoms with van der Waals surface area (Å²) in [5, 5.41) is 0. The van der Waals surface area contributed by atoms with E-state index in [1.165, 1.54) is 16.9 Å². The molecule has 1 aromatic carbocycles. The molecule has 0 saturated heterocycles. The number of rotatable bonds is 10. The van der Waals surface area contributed by atoms with E-state index in [0.29, 0.717) is 19.7 Å². The number of amides is 2. The Balaban J connectivity index is 2.16. The summed E-state index contributed by atoms with van der Waals surface area (Å²) in [6.07, 6.45) is 0. The molecular weight excluding hydrogens is 419 g/mol. The number of aryl methyl sites for hydroxylation is 1. The molecule has 0 aliphatic heterocycles. The minimum Gasteiger partial charge on any atom is -0.383 e. The highest BCUT2D eigenvalue weighted by molar-refractivity contribution is 7.11. The van der Waals surface area contributed by atoms with E-state index >= 15 is 0 Å². The van der Waals surface area contributed by atoms with E-state index in [4.69, 9.17) is 27.9 Å². The van der Waals surface area contributed by atoms with Crippen molar-refractivity contribution in [2.24, 2.45) is 0 Å². The first-order valence-corrected chi connectivity index (χ1v) is 10.5. The number of halogens is 2. The van der Waals surface area contributed by atoms with Crippen molar-refractivity contribution in [1.29, 1.82) is 0 Å². The SMILES string of the molecule is COCCN(CC(=O)N(Cc1ccccc1)Cc1ccc(C)s1)C(=O)C(Cl)Cl. The molecule has 2 amide bonds. The van der Waals surface area contributed by atoms with Crippen LogP contribution in [-0.4, -0.2) is 53.3 Å². The van der Waals surface area contributed by atoms with Crippen LogP contribution in [0.25, 0.3) is 0 Å². The Morgan fingerprint density at radius 1 is 1.07 bits per heavy atom. The van der Waals surface area contributed by atoms with Crippen molar-refractivity contribution in [1.82, 2.24) is 9.80 Å². The molecule has 0 fully saturated rings. The largest absolute Gasteiger partial charge is 0.383 e. The number of carbonyl (C=O) groups excluding carboxylic acids is 2. The van der Waals surface area contributed by atoms with Crippen LogP contribution in [0.2, 0.25) is 0 Å². The lowest BCUT2D eigenvalue weighted by Gasteiger charge is -2.28. The van der Waals surface area contributed by atoms with Gasteiger partial charge in [0.2, 0.25) is 5.91 Å². The molecule has 28 heavy (non-hydrogen) atoms. The molecule has 152 valence electrons. The predicted molar refractivity (Wildman–Crippen MR) is 114 cm³/mol. The van der Waals surface area contributed by atoms with E-state index in [9.17, 15) is 9.59 Å². The van der Waals surface area contributed by atoms with Gasteiger partial charge in [0.05, 0.1) is 19.7 Å².